The molecule has 0 bridgehead atoms. The highest BCUT2D eigenvalue weighted by molar-refractivity contribution is 5.61. The molecule has 0 aromatic heterocycles. The van der Waals surface area contributed by atoms with Crippen LogP contribution in [0.25, 0.3) is 0 Å². The van der Waals surface area contributed by atoms with Crippen molar-refractivity contribution < 1.29 is 44.6 Å². The Balaban J connectivity index is 3.43. The van der Waals surface area contributed by atoms with Crippen molar-refractivity contribution in [3.8, 4) is 5.75 Å². The average Bonchev–Trinajstić information content (AvgIpc) is 2.28. The van der Waals surface area contributed by atoms with Crippen molar-refractivity contribution in [3.63, 3.8) is 0 Å². The Morgan fingerprint density at radius 1 is 0.952 bits per heavy atom. The molecule has 2 nitrogen and oxygen atoms in total. The first-order chi connectivity index (χ1) is 9.19. The number of anilines is 1. The Hall–Kier alpha value is -1.81. The minimum Gasteiger partial charge on any atom is -0.506 e. The molecule has 0 heterocycles. The first-order valence-electron chi connectivity index (χ1n) is 4.97. The minimum atomic E-state index is -6.32. The van der Waals surface area contributed by atoms with Gasteiger partial charge in [-0.15, -0.1) is 0 Å². The van der Waals surface area contributed by atoms with Crippen molar-refractivity contribution in [1.29, 1.82) is 0 Å². The SMILES string of the molecule is Nc1c(O)cc(C(F)C(F)(F)C(F)(F)F)cc1C(F)(F)F. The molecule has 120 valence electrons. The zero-order valence-electron chi connectivity index (χ0n) is 9.66. The third-order valence-corrected chi connectivity index (χ3v) is 2.47. The highest BCUT2D eigenvalue weighted by Crippen LogP contribution is 2.49. The van der Waals surface area contributed by atoms with E-state index in [-0.39, 0.29) is 12.1 Å². The van der Waals surface area contributed by atoms with E-state index in [1.807, 2.05) is 0 Å². The average molecular weight is 327 g/mol. The summed E-state index contributed by atoms with van der Waals surface area (Å²) in [6, 6.07) is -0.325. The maximum Gasteiger partial charge on any atom is 0.456 e. The summed E-state index contributed by atoms with van der Waals surface area (Å²) in [5.74, 6) is -7.39. The van der Waals surface area contributed by atoms with Crippen LogP contribution in [-0.2, 0) is 6.18 Å². The predicted octanol–water partition coefficient (Wildman–Crippen LogP) is 4.20. The maximum absolute atomic E-state index is 13.3. The second kappa shape index (κ2) is 4.88. The van der Waals surface area contributed by atoms with Crippen LogP contribution >= 0.6 is 0 Å². The van der Waals surface area contributed by atoms with Gasteiger partial charge in [0.15, 0.2) is 6.17 Å². The number of benzene rings is 1. The Morgan fingerprint density at radius 3 is 1.81 bits per heavy atom. The number of halogens is 9. The second-order valence-corrected chi connectivity index (χ2v) is 3.98. The van der Waals surface area contributed by atoms with Crippen molar-refractivity contribution in [2.75, 3.05) is 5.73 Å². The Bertz CT molecular complexity index is 535. The van der Waals surface area contributed by atoms with Gasteiger partial charge in [-0.1, -0.05) is 0 Å². The molecule has 0 aliphatic carbocycles. The van der Waals surface area contributed by atoms with E-state index < -0.39 is 47.0 Å². The highest BCUT2D eigenvalue weighted by Gasteiger charge is 2.63. The van der Waals surface area contributed by atoms with E-state index >= 15 is 0 Å². The number of hydrogen-bond donors (Lipinski definition) is 2. The van der Waals surface area contributed by atoms with Gasteiger partial charge in [0.05, 0.1) is 11.3 Å². The fourth-order valence-electron chi connectivity index (χ4n) is 1.39. The van der Waals surface area contributed by atoms with Gasteiger partial charge in [-0.3, -0.25) is 0 Å². The minimum absolute atomic E-state index is 0.0190. The molecule has 1 rings (SSSR count). The summed E-state index contributed by atoms with van der Waals surface area (Å²) in [7, 11) is 0. The van der Waals surface area contributed by atoms with E-state index in [0.717, 1.165) is 0 Å². The molecule has 3 N–H and O–H groups in total. The monoisotopic (exact) mass is 327 g/mol. The van der Waals surface area contributed by atoms with Crippen LogP contribution in [0.4, 0.5) is 45.2 Å². The molecule has 0 aliphatic heterocycles. The van der Waals surface area contributed by atoms with Crippen molar-refractivity contribution >= 4 is 5.69 Å². The smallest absolute Gasteiger partial charge is 0.456 e. The molecule has 1 unspecified atom stereocenters. The Morgan fingerprint density at radius 2 is 1.43 bits per heavy atom. The van der Waals surface area contributed by atoms with Gasteiger partial charge in [0.1, 0.15) is 5.75 Å². The van der Waals surface area contributed by atoms with Crippen LogP contribution in [0.3, 0.4) is 0 Å². The first kappa shape index (κ1) is 17.2. The number of nitrogens with two attached hydrogens (primary N) is 1. The summed E-state index contributed by atoms with van der Waals surface area (Å²) in [4.78, 5) is 0. The molecular formula is C10H6F9NO. The number of phenolic OH excluding ortho intramolecular Hbond substituents is 1. The van der Waals surface area contributed by atoms with Crippen molar-refractivity contribution in [2.24, 2.45) is 0 Å². The highest BCUT2D eigenvalue weighted by atomic mass is 19.4. The third-order valence-electron chi connectivity index (χ3n) is 2.47. The number of alkyl halides is 9. The first-order valence-corrected chi connectivity index (χ1v) is 4.97. The number of aromatic hydroxyl groups is 1. The molecule has 1 aromatic carbocycles. The third kappa shape index (κ3) is 3.10. The summed E-state index contributed by atoms with van der Waals surface area (Å²) in [5.41, 5.74) is -0.0971. The summed E-state index contributed by atoms with van der Waals surface area (Å²) in [6.07, 6.45) is -15.7. The topological polar surface area (TPSA) is 46.2 Å². The summed E-state index contributed by atoms with van der Waals surface area (Å²) >= 11 is 0. The Labute approximate surface area is 111 Å². The number of nitrogen functional groups attached to an aromatic ring is 1. The van der Waals surface area contributed by atoms with E-state index in [1.54, 1.807) is 0 Å². The lowest BCUT2D eigenvalue weighted by Gasteiger charge is -2.24. The van der Waals surface area contributed by atoms with Crippen molar-refractivity contribution in [2.45, 2.75) is 24.4 Å². The van der Waals surface area contributed by atoms with Crippen LogP contribution in [0, 0.1) is 0 Å². The van der Waals surface area contributed by atoms with Crippen LogP contribution < -0.4 is 5.73 Å². The van der Waals surface area contributed by atoms with Gasteiger partial charge in [0.2, 0.25) is 0 Å². The van der Waals surface area contributed by atoms with Crippen LogP contribution in [0.1, 0.15) is 17.3 Å². The summed E-state index contributed by atoms with van der Waals surface area (Å²) in [6.45, 7) is 0. The number of hydrogen-bond acceptors (Lipinski definition) is 2. The van der Waals surface area contributed by atoms with Crippen LogP contribution in [0.15, 0.2) is 12.1 Å². The van der Waals surface area contributed by atoms with Gasteiger partial charge in [0, 0.05) is 0 Å². The predicted molar refractivity (Wildman–Crippen MR) is 52.4 cm³/mol. The molecule has 0 aliphatic rings. The molecule has 1 aromatic rings. The molecule has 11 heteroatoms. The fourth-order valence-corrected chi connectivity index (χ4v) is 1.39. The standard InChI is InChI=1S/C10H6F9NO/c11-7(8(12,13)10(17,18)19)3-1-4(9(14,15)16)6(20)5(21)2-3/h1-2,7,21H,20H2. The quantitative estimate of drug-likeness (QED) is 0.486. The molecule has 0 spiro atoms. The fraction of sp³-hybridized carbons (Fsp3) is 0.400. The zero-order chi connectivity index (χ0) is 16.8. The van der Waals surface area contributed by atoms with Crippen molar-refractivity contribution in [1.82, 2.24) is 0 Å². The molecule has 0 saturated carbocycles. The molecular weight excluding hydrogens is 321 g/mol. The lowest BCUT2D eigenvalue weighted by Crippen LogP contribution is -2.40. The van der Waals surface area contributed by atoms with E-state index in [2.05, 4.69) is 0 Å². The van der Waals surface area contributed by atoms with Gasteiger partial charge in [-0.25, -0.2) is 4.39 Å². The van der Waals surface area contributed by atoms with Gasteiger partial charge in [-0.05, 0) is 17.7 Å². The zero-order valence-corrected chi connectivity index (χ0v) is 9.66. The number of phenols is 1. The van der Waals surface area contributed by atoms with Gasteiger partial charge < -0.3 is 10.8 Å². The van der Waals surface area contributed by atoms with Gasteiger partial charge in [0.25, 0.3) is 0 Å². The van der Waals surface area contributed by atoms with Gasteiger partial charge in [-0.2, -0.15) is 35.1 Å². The molecule has 0 radical (unpaired) electrons. The largest absolute Gasteiger partial charge is 0.506 e. The lowest BCUT2D eigenvalue weighted by molar-refractivity contribution is -0.305. The molecule has 0 saturated heterocycles. The van der Waals surface area contributed by atoms with Gasteiger partial charge >= 0.3 is 18.3 Å². The lowest BCUT2D eigenvalue weighted by atomic mass is 10.00. The second-order valence-electron chi connectivity index (χ2n) is 3.98. The molecule has 1 atom stereocenters. The van der Waals surface area contributed by atoms with E-state index in [4.69, 9.17) is 10.8 Å². The number of rotatable bonds is 2. The summed E-state index contributed by atoms with van der Waals surface area (Å²) in [5, 5.41) is 9.04. The van der Waals surface area contributed by atoms with E-state index in [0.29, 0.717) is 0 Å². The molecule has 21 heavy (non-hydrogen) atoms. The molecule has 0 fully saturated rings. The maximum atomic E-state index is 13.3. The van der Waals surface area contributed by atoms with Crippen LogP contribution in [-0.4, -0.2) is 17.2 Å². The van der Waals surface area contributed by atoms with E-state index in [1.165, 1.54) is 0 Å². The van der Waals surface area contributed by atoms with Crippen LogP contribution in [0.2, 0.25) is 0 Å². The normalized spacial score (nSPS) is 15.1. The van der Waals surface area contributed by atoms with Crippen LogP contribution in [0.5, 0.6) is 5.75 Å². The van der Waals surface area contributed by atoms with Crippen molar-refractivity contribution in [3.05, 3.63) is 23.3 Å². The summed E-state index contributed by atoms with van der Waals surface area (Å²) < 4.78 is 112. The Kier molecular flexibility index (Phi) is 4.01. The van der Waals surface area contributed by atoms with E-state index in [9.17, 15) is 39.5 Å². The molecule has 0 amide bonds.